The monoisotopic (exact) mass is 326 g/mol. The molecule has 1 rings (SSSR count). The number of hydrogen-bond donors (Lipinski definition) is 0. The minimum atomic E-state index is -2.82. The molecule has 1 aromatic rings. The zero-order valence-corrected chi connectivity index (χ0v) is 13.9. The van der Waals surface area contributed by atoms with E-state index in [1.807, 2.05) is 25.8 Å². The van der Waals surface area contributed by atoms with Gasteiger partial charge in [0, 0.05) is 19.6 Å². The first kappa shape index (κ1) is 19.1. The van der Waals surface area contributed by atoms with E-state index in [1.54, 1.807) is 17.0 Å². The van der Waals surface area contributed by atoms with Crippen LogP contribution in [0.5, 0.6) is 5.75 Å². The molecule has 0 aliphatic heterocycles. The van der Waals surface area contributed by atoms with E-state index in [0.29, 0.717) is 19.6 Å². The molecule has 0 unspecified atom stereocenters. The molecule has 0 aliphatic rings. The molecule has 0 spiro atoms. The van der Waals surface area contributed by atoms with Gasteiger partial charge in [-0.15, -0.1) is 0 Å². The Bertz CT molecular complexity index is 518. The summed E-state index contributed by atoms with van der Waals surface area (Å²) < 4.78 is 28.5. The Kier molecular flexibility index (Phi) is 7.68. The number of alkyl halides is 2. The highest BCUT2D eigenvalue weighted by Crippen LogP contribution is 2.15. The molecule has 0 saturated carbocycles. The van der Waals surface area contributed by atoms with Crippen molar-refractivity contribution in [1.82, 2.24) is 9.80 Å². The molecule has 0 aliphatic carbocycles. The molecule has 0 N–H and O–H groups in total. The van der Waals surface area contributed by atoms with Gasteiger partial charge in [-0.3, -0.25) is 9.69 Å². The number of carbonyl (C=O) groups excluding carboxylic acids is 1. The van der Waals surface area contributed by atoms with Crippen molar-refractivity contribution in [2.45, 2.75) is 27.0 Å². The van der Waals surface area contributed by atoms with Gasteiger partial charge in [0.15, 0.2) is 0 Å². The lowest BCUT2D eigenvalue weighted by atomic mass is 10.2. The van der Waals surface area contributed by atoms with Gasteiger partial charge in [-0.05, 0) is 38.6 Å². The number of halogens is 2. The molecule has 4 nitrogen and oxygen atoms in total. The van der Waals surface area contributed by atoms with Crippen molar-refractivity contribution in [3.05, 3.63) is 42.0 Å². The molecular formula is C17H24F2N2O2. The van der Waals surface area contributed by atoms with Crippen LogP contribution in [0.1, 0.15) is 19.4 Å². The molecule has 0 bridgehead atoms. The maximum Gasteiger partial charge on any atom is 0.387 e. The summed E-state index contributed by atoms with van der Waals surface area (Å²) in [5.41, 5.74) is 1.86. The Hall–Kier alpha value is -1.95. The van der Waals surface area contributed by atoms with Crippen LogP contribution in [0.15, 0.2) is 36.4 Å². The third-order valence-electron chi connectivity index (χ3n) is 3.20. The second kappa shape index (κ2) is 9.25. The van der Waals surface area contributed by atoms with Crippen LogP contribution < -0.4 is 4.74 Å². The highest BCUT2D eigenvalue weighted by atomic mass is 19.3. The van der Waals surface area contributed by atoms with Crippen molar-refractivity contribution in [3.63, 3.8) is 0 Å². The molecular weight excluding hydrogens is 302 g/mol. The predicted molar refractivity (Wildman–Crippen MR) is 86.5 cm³/mol. The zero-order chi connectivity index (χ0) is 17.4. The fourth-order valence-corrected chi connectivity index (χ4v) is 2.18. The van der Waals surface area contributed by atoms with E-state index in [0.717, 1.165) is 11.1 Å². The van der Waals surface area contributed by atoms with Crippen molar-refractivity contribution in [1.29, 1.82) is 0 Å². The van der Waals surface area contributed by atoms with E-state index in [2.05, 4.69) is 11.3 Å². The quantitative estimate of drug-likeness (QED) is 0.654. The highest BCUT2D eigenvalue weighted by Gasteiger charge is 2.14. The van der Waals surface area contributed by atoms with Gasteiger partial charge in [0.1, 0.15) is 5.75 Å². The van der Waals surface area contributed by atoms with E-state index in [4.69, 9.17) is 0 Å². The summed E-state index contributed by atoms with van der Waals surface area (Å²) in [6.45, 7) is 6.86. The lowest BCUT2D eigenvalue weighted by Crippen LogP contribution is -2.39. The topological polar surface area (TPSA) is 32.8 Å². The maximum absolute atomic E-state index is 12.2. The summed E-state index contributed by atoms with van der Waals surface area (Å²) in [4.78, 5) is 15.9. The van der Waals surface area contributed by atoms with E-state index in [-0.39, 0.29) is 18.2 Å². The van der Waals surface area contributed by atoms with Gasteiger partial charge in [0.25, 0.3) is 0 Å². The summed E-state index contributed by atoms with van der Waals surface area (Å²) in [5, 5.41) is 0. The number of likely N-dealkylation sites (N-methyl/N-ethyl adjacent to an activating group) is 2. The Morgan fingerprint density at radius 3 is 2.35 bits per heavy atom. The molecule has 1 amide bonds. The lowest BCUT2D eigenvalue weighted by molar-refractivity contribution is -0.131. The van der Waals surface area contributed by atoms with Crippen molar-refractivity contribution in [2.24, 2.45) is 0 Å². The van der Waals surface area contributed by atoms with Gasteiger partial charge in [-0.2, -0.15) is 8.78 Å². The normalized spacial score (nSPS) is 10.9. The molecule has 0 radical (unpaired) electrons. The summed E-state index contributed by atoms with van der Waals surface area (Å²) in [7, 11) is 1.84. The first-order chi connectivity index (χ1) is 10.8. The smallest absolute Gasteiger partial charge is 0.387 e. The summed E-state index contributed by atoms with van der Waals surface area (Å²) in [6, 6.07) is 6.42. The second-order valence-corrected chi connectivity index (χ2v) is 5.56. The minimum Gasteiger partial charge on any atom is -0.435 e. The summed E-state index contributed by atoms with van der Waals surface area (Å²) in [5.74, 6) is 0.164. The maximum atomic E-state index is 12.2. The number of amides is 1. The van der Waals surface area contributed by atoms with Crippen LogP contribution >= 0.6 is 0 Å². The Balaban J connectivity index is 2.53. The number of rotatable bonds is 9. The third-order valence-corrected chi connectivity index (χ3v) is 3.20. The Morgan fingerprint density at radius 2 is 1.87 bits per heavy atom. The molecule has 0 saturated heterocycles. The first-order valence-corrected chi connectivity index (χ1v) is 7.46. The Morgan fingerprint density at radius 1 is 1.26 bits per heavy atom. The van der Waals surface area contributed by atoms with Gasteiger partial charge in [0.2, 0.25) is 5.91 Å². The van der Waals surface area contributed by atoms with Gasteiger partial charge in [-0.1, -0.05) is 24.3 Å². The van der Waals surface area contributed by atoms with E-state index >= 15 is 0 Å². The van der Waals surface area contributed by atoms with Crippen LogP contribution in [0.3, 0.4) is 0 Å². The van der Waals surface area contributed by atoms with Crippen LogP contribution in [0.2, 0.25) is 0 Å². The summed E-state index contributed by atoms with van der Waals surface area (Å²) >= 11 is 0. The predicted octanol–water partition coefficient (Wildman–Crippen LogP) is 3.14. The van der Waals surface area contributed by atoms with Gasteiger partial charge >= 0.3 is 6.61 Å². The number of carbonyl (C=O) groups is 1. The lowest BCUT2D eigenvalue weighted by Gasteiger charge is -2.24. The van der Waals surface area contributed by atoms with Crippen LogP contribution in [0.25, 0.3) is 0 Å². The standard InChI is InChI=1S/C17H24F2N2O2/c1-5-21(10-13(2)3)16(22)12-20(4)11-14-6-8-15(9-7-14)23-17(18)19/h6-9,17H,2,5,10-12H2,1,3-4H3. The minimum absolute atomic E-state index is 0.0376. The van der Waals surface area contributed by atoms with Crippen LogP contribution in [-0.2, 0) is 11.3 Å². The van der Waals surface area contributed by atoms with E-state index < -0.39 is 6.61 Å². The fourth-order valence-electron chi connectivity index (χ4n) is 2.18. The van der Waals surface area contributed by atoms with E-state index in [1.165, 1.54) is 12.1 Å². The van der Waals surface area contributed by atoms with Gasteiger partial charge in [0.05, 0.1) is 6.54 Å². The molecule has 6 heteroatoms. The molecule has 1 aromatic carbocycles. The zero-order valence-electron chi connectivity index (χ0n) is 13.9. The number of nitrogens with zero attached hydrogens (tertiary/aromatic N) is 2. The molecule has 0 atom stereocenters. The highest BCUT2D eigenvalue weighted by molar-refractivity contribution is 5.78. The third kappa shape index (κ3) is 7.23. The largest absolute Gasteiger partial charge is 0.435 e. The fraction of sp³-hybridized carbons (Fsp3) is 0.471. The molecule has 128 valence electrons. The molecule has 23 heavy (non-hydrogen) atoms. The van der Waals surface area contributed by atoms with Gasteiger partial charge in [-0.25, -0.2) is 0 Å². The number of hydrogen-bond acceptors (Lipinski definition) is 3. The second-order valence-electron chi connectivity index (χ2n) is 5.56. The average molecular weight is 326 g/mol. The molecule has 0 heterocycles. The van der Waals surface area contributed by atoms with Crippen molar-refractivity contribution in [2.75, 3.05) is 26.7 Å². The Labute approximate surface area is 136 Å². The van der Waals surface area contributed by atoms with Gasteiger partial charge < -0.3 is 9.64 Å². The van der Waals surface area contributed by atoms with Crippen LogP contribution in [-0.4, -0.2) is 49.0 Å². The van der Waals surface area contributed by atoms with Crippen molar-refractivity contribution < 1.29 is 18.3 Å². The average Bonchev–Trinajstić information content (AvgIpc) is 2.45. The number of benzene rings is 1. The van der Waals surface area contributed by atoms with E-state index in [9.17, 15) is 13.6 Å². The summed E-state index contributed by atoms with van der Waals surface area (Å²) in [6.07, 6.45) is 0. The van der Waals surface area contributed by atoms with Crippen LogP contribution in [0, 0.1) is 0 Å². The molecule has 0 fully saturated rings. The first-order valence-electron chi connectivity index (χ1n) is 7.46. The van der Waals surface area contributed by atoms with Crippen LogP contribution in [0.4, 0.5) is 8.78 Å². The number of ether oxygens (including phenoxy) is 1. The van der Waals surface area contributed by atoms with Crippen molar-refractivity contribution >= 4 is 5.91 Å². The molecule has 0 aromatic heterocycles. The van der Waals surface area contributed by atoms with Crippen molar-refractivity contribution in [3.8, 4) is 5.75 Å². The SMILES string of the molecule is C=C(C)CN(CC)C(=O)CN(C)Cc1ccc(OC(F)F)cc1.